The van der Waals surface area contributed by atoms with E-state index in [9.17, 15) is 9.59 Å². The quantitative estimate of drug-likeness (QED) is 0.428. The number of furan rings is 1. The molecule has 0 spiro atoms. The molecule has 1 atom stereocenters. The Morgan fingerprint density at radius 1 is 1.12 bits per heavy atom. The molecule has 186 valence electrons. The molecule has 0 bridgehead atoms. The van der Waals surface area contributed by atoms with Crippen LogP contribution < -0.4 is 9.47 Å². The molecule has 7 nitrogen and oxygen atoms in total. The molecular weight excluding hydrogens is 456 g/mol. The largest absolute Gasteiger partial charge is 0.493 e. The topological polar surface area (TPSA) is 72.2 Å². The first-order valence-corrected chi connectivity index (χ1v) is 12.3. The minimum Gasteiger partial charge on any atom is -0.493 e. The second-order valence-corrected chi connectivity index (χ2v) is 9.36. The summed E-state index contributed by atoms with van der Waals surface area (Å²) >= 11 is 6.16. The number of rotatable bonds is 11. The van der Waals surface area contributed by atoms with Crippen molar-refractivity contribution in [3.05, 3.63) is 47.9 Å². The molecule has 3 rings (SSSR count). The fourth-order valence-corrected chi connectivity index (χ4v) is 4.56. The summed E-state index contributed by atoms with van der Waals surface area (Å²) in [4.78, 5) is 29.9. The molecule has 34 heavy (non-hydrogen) atoms. The lowest BCUT2D eigenvalue weighted by Gasteiger charge is -2.36. The lowest BCUT2D eigenvalue weighted by molar-refractivity contribution is -0.143. The van der Waals surface area contributed by atoms with Crippen molar-refractivity contribution in [1.29, 1.82) is 0 Å². The third kappa shape index (κ3) is 6.92. The summed E-state index contributed by atoms with van der Waals surface area (Å²) in [7, 11) is 3.20. The smallest absolute Gasteiger partial charge is 0.242 e. The number of amides is 2. The van der Waals surface area contributed by atoms with Gasteiger partial charge in [0.2, 0.25) is 11.8 Å². The van der Waals surface area contributed by atoms with Crippen molar-refractivity contribution in [2.24, 2.45) is 0 Å². The zero-order chi connectivity index (χ0) is 24.5. The number of hydrogen-bond acceptors (Lipinski definition) is 5. The summed E-state index contributed by atoms with van der Waals surface area (Å²) in [6.45, 7) is 2.50. The Balaban J connectivity index is 1.75. The maximum Gasteiger partial charge on any atom is 0.242 e. The first kappa shape index (κ1) is 25.9. The van der Waals surface area contributed by atoms with Crippen LogP contribution in [0.1, 0.15) is 50.4 Å². The van der Waals surface area contributed by atoms with E-state index in [1.54, 1.807) is 43.3 Å². The minimum absolute atomic E-state index is 0.0210. The van der Waals surface area contributed by atoms with Gasteiger partial charge in [0.05, 0.1) is 27.0 Å². The van der Waals surface area contributed by atoms with E-state index in [1.165, 1.54) is 6.42 Å². The Labute approximate surface area is 206 Å². The lowest BCUT2D eigenvalue weighted by atomic mass is 9.94. The molecule has 1 aliphatic carbocycles. The fourth-order valence-electron chi connectivity index (χ4n) is 4.44. The van der Waals surface area contributed by atoms with Crippen LogP contribution in [0.5, 0.6) is 11.5 Å². The van der Waals surface area contributed by atoms with Gasteiger partial charge < -0.3 is 23.7 Å². The standard InChI is InChI=1S/C26H35ClN2O5/c1-19(27)26(31)29(21-8-5-4-6-9-21)18-25(30)28(17-22-10-7-15-34-22)14-13-20-11-12-23(32-2)24(16-20)33-3/h7,10-12,15-16,19,21H,4-6,8-9,13-14,17-18H2,1-3H3. The lowest BCUT2D eigenvalue weighted by Crippen LogP contribution is -2.50. The highest BCUT2D eigenvalue weighted by molar-refractivity contribution is 6.30. The summed E-state index contributed by atoms with van der Waals surface area (Å²) < 4.78 is 16.2. The number of methoxy groups -OCH3 is 2. The van der Waals surface area contributed by atoms with Gasteiger partial charge in [0.1, 0.15) is 17.7 Å². The van der Waals surface area contributed by atoms with E-state index >= 15 is 0 Å². The van der Waals surface area contributed by atoms with Crippen LogP contribution in [0.2, 0.25) is 0 Å². The normalized spacial score (nSPS) is 14.9. The van der Waals surface area contributed by atoms with E-state index in [0.717, 1.165) is 31.2 Å². The van der Waals surface area contributed by atoms with Crippen LogP contribution in [-0.2, 0) is 22.6 Å². The molecule has 1 fully saturated rings. The highest BCUT2D eigenvalue weighted by Crippen LogP contribution is 2.28. The number of halogens is 1. The number of benzene rings is 1. The van der Waals surface area contributed by atoms with E-state index in [2.05, 4.69) is 0 Å². The van der Waals surface area contributed by atoms with E-state index in [1.807, 2.05) is 24.3 Å². The summed E-state index contributed by atoms with van der Waals surface area (Å²) in [6, 6.07) is 9.45. The monoisotopic (exact) mass is 490 g/mol. The predicted molar refractivity (Wildman–Crippen MR) is 131 cm³/mol. The van der Waals surface area contributed by atoms with Crippen LogP contribution in [-0.4, -0.2) is 60.3 Å². The first-order valence-electron chi connectivity index (χ1n) is 11.9. The molecule has 0 saturated heterocycles. The van der Waals surface area contributed by atoms with Crippen molar-refractivity contribution >= 4 is 23.4 Å². The second-order valence-electron chi connectivity index (χ2n) is 8.71. The fraction of sp³-hybridized carbons (Fsp3) is 0.538. The van der Waals surface area contributed by atoms with Gasteiger partial charge in [-0.15, -0.1) is 11.6 Å². The van der Waals surface area contributed by atoms with Gasteiger partial charge in [-0.05, 0) is 56.0 Å². The van der Waals surface area contributed by atoms with Crippen LogP contribution in [0, 0.1) is 0 Å². The average molecular weight is 491 g/mol. The van der Waals surface area contributed by atoms with Gasteiger partial charge in [0.15, 0.2) is 11.5 Å². The molecular formula is C26H35ClN2O5. The molecule has 2 aromatic rings. The van der Waals surface area contributed by atoms with Crippen LogP contribution in [0.3, 0.4) is 0 Å². The SMILES string of the molecule is COc1ccc(CCN(Cc2ccco2)C(=O)CN(C(=O)C(C)Cl)C2CCCCC2)cc1OC. The molecule has 0 aliphatic heterocycles. The van der Waals surface area contributed by atoms with Gasteiger partial charge in [-0.2, -0.15) is 0 Å². The molecule has 1 aromatic carbocycles. The van der Waals surface area contributed by atoms with Gasteiger partial charge in [0, 0.05) is 12.6 Å². The Bertz CT molecular complexity index is 925. The second kappa shape index (κ2) is 12.7. The van der Waals surface area contributed by atoms with Gasteiger partial charge in [-0.1, -0.05) is 25.3 Å². The van der Waals surface area contributed by atoms with Gasteiger partial charge >= 0.3 is 0 Å². The molecule has 8 heteroatoms. The van der Waals surface area contributed by atoms with Gasteiger partial charge in [-0.25, -0.2) is 0 Å². The molecule has 2 amide bonds. The van der Waals surface area contributed by atoms with E-state index in [0.29, 0.717) is 36.8 Å². The van der Waals surface area contributed by atoms with Gasteiger partial charge in [-0.3, -0.25) is 9.59 Å². The van der Waals surface area contributed by atoms with Crippen LogP contribution in [0.15, 0.2) is 41.0 Å². The van der Waals surface area contributed by atoms with Crippen LogP contribution in [0.4, 0.5) is 0 Å². The Hall–Kier alpha value is -2.67. The van der Waals surface area contributed by atoms with Crippen molar-refractivity contribution in [2.75, 3.05) is 27.3 Å². The van der Waals surface area contributed by atoms with Gasteiger partial charge in [0.25, 0.3) is 0 Å². The number of carbonyl (C=O) groups is 2. The number of ether oxygens (including phenoxy) is 2. The Kier molecular flexibility index (Phi) is 9.69. The summed E-state index contributed by atoms with van der Waals surface area (Å²) in [5.74, 6) is 1.70. The van der Waals surface area contributed by atoms with E-state index in [4.69, 9.17) is 25.5 Å². The number of carbonyl (C=O) groups excluding carboxylic acids is 2. The first-order chi connectivity index (χ1) is 16.4. The highest BCUT2D eigenvalue weighted by atomic mass is 35.5. The molecule has 1 heterocycles. The Morgan fingerprint density at radius 2 is 1.85 bits per heavy atom. The maximum absolute atomic E-state index is 13.5. The number of alkyl halides is 1. The van der Waals surface area contributed by atoms with Crippen molar-refractivity contribution in [3.8, 4) is 11.5 Å². The molecule has 1 unspecified atom stereocenters. The summed E-state index contributed by atoms with van der Waals surface area (Å²) in [5, 5.41) is -0.667. The highest BCUT2D eigenvalue weighted by Gasteiger charge is 2.31. The minimum atomic E-state index is -0.667. The maximum atomic E-state index is 13.5. The summed E-state index contributed by atoms with van der Waals surface area (Å²) in [5.41, 5.74) is 1.02. The van der Waals surface area contributed by atoms with Crippen molar-refractivity contribution in [1.82, 2.24) is 9.80 Å². The van der Waals surface area contributed by atoms with Crippen molar-refractivity contribution in [2.45, 2.75) is 63.4 Å². The zero-order valence-electron chi connectivity index (χ0n) is 20.3. The average Bonchev–Trinajstić information content (AvgIpc) is 3.38. The van der Waals surface area contributed by atoms with E-state index in [-0.39, 0.29) is 24.4 Å². The van der Waals surface area contributed by atoms with Crippen LogP contribution in [0.25, 0.3) is 0 Å². The Morgan fingerprint density at radius 3 is 2.47 bits per heavy atom. The number of hydrogen-bond donors (Lipinski definition) is 0. The number of nitrogens with zero attached hydrogens (tertiary/aromatic N) is 2. The molecule has 0 radical (unpaired) electrons. The molecule has 1 saturated carbocycles. The summed E-state index contributed by atoms with van der Waals surface area (Å²) in [6.07, 6.45) is 7.33. The molecule has 1 aliphatic rings. The van der Waals surface area contributed by atoms with Crippen LogP contribution >= 0.6 is 11.6 Å². The molecule has 0 N–H and O–H groups in total. The van der Waals surface area contributed by atoms with Crippen molar-refractivity contribution in [3.63, 3.8) is 0 Å². The van der Waals surface area contributed by atoms with Crippen molar-refractivity contribution < 1.29 is 23.5 Å². The predicted octanol–water partition coefficient (Wildman–Crippen LogP) is 4.66. The zero-order valence-corrected chi connectivity index (χ0v) is 21.1. The van der Waals surface area contributed by atoms with E-state index < -0.39 is 5.38 Å². The third-order valence-corrected chi connectivity index (χ3v) is 6.53. The molecule has 1 aromatic heterocycles. The third-order valence-electron chi connectivity index (χ3n) is 6.34.